The smallest absolute Gasteiger partial charge is 0.133 e. The van der Waals surface area contributed by atoms with Gasteiger partial charge in [0.25, 0.3) is 0 Å². The van der Waals surface area contributed by atoms with Gasteiger partial charge in [0.05, 0.1) is 0 Å². The Bertz CT molecular complexity index is 382. The van der Waals surface area contributed by atoms with Crippen molar-refractivity contribution in [3.63, 3.8) is 0 Å². The van der Waals surface area contributed by atoms with Crippen molar-refractivity contribution < 1.29 is 9.18 Å². The predicted molar refractivity (Wildman–Crippen MR) is 63.9 cm³/mol. The van der Waals surface area contributed by atoms with Crippen molar-refractivity contribution in [1.82, 2.24) is 0 Å². The second-order valence-corrected chi connectivity index (χ2v) is 4.74. The van der Waals surface area contributed by atoms with Crippen LogP contribution in [0.1, 0.15) is 31.9 Å². The van der Waals surface area contributed by atoms with Gasteiger partial charge in [-0.05, 0) is 49.4 Å². The lowest BCUT2D eigenvalue weighted by atomic mass is 9.85. The molecule has 16 heavy (non-hydrogen) atoms. The molecule has 0 bridgehead atoms. The zero-order chi connectivity index (χ0) is 12.3. The van der Waals surface area contributed by atoms with Crippen molar-refractivity contribution in [3.8, 4) is 0 Å². The Morgan fingerprint density at radius 3 is 2.44 bits per heavy atom. The van der Waals surface area contributed by atoms with Crippen LogP contribution in [0.15, 0.2) is 18.2 Å². The van der Waals surface area contributed by atoms with Crippen LogP contribution in [0.25, 0.3) is 0 Å². The van der Waals surface area contributed by atoms with Gasteiger partial charge in [-0.1, -0.05) is 19.9 Å². The topological polar surface area (TPSA) is 17.1 Å². The molecule has 0 amide bonds. The normalized spacial score (nSPS) is 12.9. The van der Waals surface area contributed by atoms with Gasteiger partial charge in [0.1, 0.15) is 11.6 Å². The monoisotopic (exact) mass is 222 g/mol. The Morgan fingerprint density at radius 2 is 2.00 bits per heavy atom. The van der Waals surface area contributed by atoms with E-state index < -0.39 is 0 Å². The maximum absolute atomic E-state index is 12.9. The number of aryl methyl sites for hydroxylation is 1. The summed E-state index contributed by atoms with van der Waals surface area (Å²) in [5.41, 5.74) is 1.99. The van der Waals surface area contributed by atoms with Crippen molar-refractivity contribution in [1.29, 1.82) is 0 Å². The summed E-state index contributed by atoms with van der Waals surface area (Å²) in [5, 5.41) is 0. The first-order chi connectivity index (χ1) is 7.41. The van der Waals surface area contributed by atoms with Gasteiger partial charge in [-0.25, -0.2) is 4.39 Å². The number of carbonyl (C=O) groups excluding carboxylic acids is 1. The summed E-state index contributed by atoms with van der Waals surface area (Å²) >= 11 is 0. The van der Waals surface area contributed by atoms with Crippen LogP contribution in [0, 0.1) is 24.6 Å². The zero-order valence-corrected chi connectivity index (χ0v) is 10.4. The van der Waals surface area contributed by atoms with Gasteiger partial charge in [-0.3, -0.25) is 4.79 Å². The predicted octanol–water partition coefficient (Wildman–Crippen LogP) is 3.54. The van der Waals surface area contributed by atoms with Crippen LogP contribution in [0.2, 0.25) is 0 Å². The van der Waals surface area contributed by atoms with Crippen LogP contribution in [0.5, 0.6) is 0 Å². The Labute approximate surface area is 96.7 Å². The lowest BCUT2D eigenvalue weighted by molar-refractivity contribution is -0.121. The number of ketones is 1. The molecule has 0 aliphatic rings. The highest BCUT2D eigenvalue weighted by atomic mass is 19.1. The van der Waals surface area contributed by atoms with Crippen LogP contribution in [-0.4, -0.2) is 5.78 Å². The van der Waals surface area contributed by atoms with E-state index in [4.69, 9.17) is 0 Å². The average Bonchev–Trinajstić information content (AvgIpc) is 2.15. The third-order valence-electron chi connectivity index (χ3n) is 3.07. The van der Waals surface area contributed by atoms with Gasteiger partial charge in [-0.15, -0.1) is 0 Å². The van der Waals surface area contributed by atoms with E-state index in [1.54, 1.807) is 13.0 Å². The van der Waals surface area contributed by atoms with Crippen LogP contribution in [0.4, 0.5) is 4.39 Å². The van der Waals surface area contributed by atoms with E-state index in [0.29, 0.717) is 12.3 Å². The number of halogens is 1. The van der Waals surface area contributed by atoms with E-state index in [9.17, 15) is 9.18 Å². The molecule has 1 unspecified atom stereocenters. The first-order valence-corrected chi connectivity index (χ1v) is 5.67. The summed E-state index contributed by atoms with van der Waals surface area (Å²) in [5.74, 6) is 0.343. The third-order valence-corrected chi connectivity index (χ3v) is 3.07. The molecule has 0 saturated carbocycles. The van der Waals surface area contributed by atoms with Crippen molar-refractivity contribution in [2.75, 3.05) is 0 Å². The van der Waals surface area contributed by atoms with Crippen molar-refractivity contribution >= 4 is 5.78 Å². The quantitative estimate of drug-likeness (QED) is 0.761. The SMILES string of the molecule is CC(=O)C(Cc1ccc(F)cc1C)C(C)C. The molecule has 0 fully saturated rings. The molecule has 0 saturated heterocycles. The second kappa shape index (κ2) is 5.24. The minimum Gasteiger partial charge on any atom is -0.300 e. The van der Waals surface area contributed by atoms with Gasteiger partial charge < -0.3 is 0 Å². The maximum Gasteiger partial charge on any atom is 0.133 e. The molecule has 0 radical (unpaired) electrons. The van der Waals surface area contributed by atoms with Crippen molar-refractivity contribution in [3.05, 3.63) is 35.1 Å². The number of hydrogen-bond donors (Lipinski definition) is 0. The van der Waals surface area contributed by atoms with E-state index in [1.807, 2.05) is 20.8 Å². The van der Waals surface area contributed by atoms with Gasteiger partial charge in [0.15, 0.2) is 0 Å². The summed E-state index contributed by atoms with van der Waals surface area (Å²) in [6.45, 7) is 7.61. The van der Waals surface area contributed by atoms with E-state index in [0.717, 1.165) is 11.1 Å². The number of Topliss-reactive ketones (excluding diaryl/α,β-unsaturated/α-hetero) is 1. The number of carbonyl (C=O) groups is 1. The molecule has 0 N–H and O–H groups in total. The highest BCUT2D eigenvalue weighted by molar-refractivity contribution is 5.78. The molecule has 1 rings (SSSR count). The minimum absolute atomic E-state index is 0.0316. The molecule has 1 nitrogen and oxygen atoms in total. The van der Waals surface area contributed by atoms with Crippen molar-refractivity contribution in [2.45, 2.75) is 34.1 Å². The first-order valence-electron chi connectivity index (χ1n) is 5.67. The van der Waals surface area contributed by atoms with Crippen LogP contribution in [-0.2, 0) is 11.2 Å². The lowest BCUT2D eigenvalue weighted by Crippen LogP contribution is -2.20. The standard InChI is InChI=1S/C14H19FO/c1-9(2)14(11(4)16)8-12-5-6-13(15)7-10(12)3/h5-7,9,14H,8H2,1-4H3. The second-order valence-electron chi connectivity index (χ2n) is 4.74. The Morgan fingerprint density at radius 1 is 1.38 bits per heavy atom. The Balaban J connectivity index is 2.90. The van der Waals surface area contributed by atoms with E-state index in [1.165, 1.54) is 12.1 Å². The summed E-state index contributed by atoms with van der Waals surface area (Å²) in [4.78, 5) is 11.5. The van der Waals surface area contributed by atoms with Crippen LogP contribution in [0.3, 0.4) is 0 Å². The molecular formula is C14H19FO. The maximum atomic E-state index is 12.9. The van der Waals surface area contributed by atoms with Gasteiger partial charge in [-0.2, -0.15) is 0 Å². The average molecular weight is 222 g/mol. The summed E-state index contributed by atoms with van der Waals surface area (Å²) in [6.07, 6.45) is 0.707. The molecule has 0 heterocycles. The third kappa shape index (κ3) is 3.16. The van der Waals surface area contributed by atoms with E-state index in [-0.39, 0.29) is 17.5 Å². The Hall–Kier alpha value is -1.18. The Kier molecular flexibility index (Phi) is 4.22. The molecule has 0 aliphatic heterocycles. The fourth-order valence-electron chi connectivity index (χ4n) is 1.97. The van der Waals surface area contributed by atoms with Gasteiger partial charge >= 0.3 is 0 Å². The largest absolute Gasteiger partial charge is 0.300 e. The summed E-state index contributed by atoms with van der Waals surface area (Å²) in [7, 11) is 0. The fourth-order valence-corrected chi connectivity index (χ4v) is 1.97. The first kappa shape index (κ1) is 12.9. The van der Waals surface area contributed by atoms with Crippen molar-refractivity contribution in [2.24, 2.45) is 11.8 Å². The van der Waals surface area contributed by atoms with Gasteiger partial charge in [0.2, 0.25) is 0 Å². The molecule has 1 atom stereocenters. The minimum atomic E-state index is -0.217. The van der Waals surface area contributed by atoms with Crippen LogP contribution >= 0.6 is 0 Å². The molecule has 0 spiro atoms. The molecule has 0 aliphatic carbocycles. The van der Waals surface area contributed by atoms with Gasteiger partial charge in [0, 0.05) is 5.92 Å². The zero-order valence-electron chi connectivity index (χ0n) is 10.4. The molecular weight excluding hydrogens is 203 g/mol. The summed E-state index contributed by atoms with van der Waals surface area (Å²) < 4.78 is 12.9. The number of hydrogen-bond acceptors (Lipinski definition) is 1. The molecule has 1 aromatic carbocycles. The lowest BCUT2D eigenvalue weighted by Gasteiger charge is -2.18. The molecule has 88 valence electrons. The summed E-state index contributed by atoms with van der Waals surface area (Å²) in [6, 6.07) is 4.76. The number of benzene rings is 1. The fraction of sp³-hybridized carbons (Fsp3) is 0.500. The molecule has 2 heteroatoms. The van der Waals surface area contributed by atoms with Crippen LogP contribution < -0.4 is 0 Å². The molecule has 1 aromatic rings. The highest BCUT2D eigenvalue weighted by Gasteiger charge is 2.19. The van der Waals surface area contributed by atoms with E-state index in [2.05, 4.69) is 0 Å². The number of rotatable bonds is 4. The molecule has 0 aromatic heterocycles. The van der Waals surface area contributed by atoms with E-state index >= 15 is 0 Å². The highest BCUT2D eigenvalue weighted by Crippen LogP contribution is 2.21.